The van der Waals surface area contributed by atoms with Crippen molar-refractivity contribution in [2.75, 3.05) is 0 Å². The van der Waals surface area contributed by atoms with Crippen LogP contribution in [-0.2, 0) is 6.54 Å². The van der Waals surface area contributed by atoms with Gasteiger partial charge in [0.2, 0.25) is 0 Å². The van der Waals surface area contributed by atoms with Crippen molar-refractivity contribution in [1.82, 2.24) is 4.90 Å². The average molecular weight is 551 g/mol. The molecule has 3 rings (SSSR count). The van der Waals surface area contributed by atoms with Gasteiger partial charge in [0.15, 0.2) is 0 Å². The summed E-state index contributed by atoms with van der Waals surface area (Å²) in [6, 6.07) is 5.26. The van der Waals surface area contributed by atoms with Crippen LogP contribution in [0.3, 0.4) is 0 Å². The largest absolute Gasteiger partial charge is 0.326 e. The molecule has 1 atom stereocenters. The number of benzene rings is 2. The van der Waals surface area contributed by atoms with Gasteiger partial charge in [-0.25, -0.2) is 13.2 Å². The average Bonchev–Trinajstić information content (AvgIpc) is 3.06. The van der Waals surface area contributed by atoms with Gasteiger partial charge in [0.05, 0.1) is 12.6 Å². The third-order valence-corrected chi connectivity index (χ3v) is 13.9. The molecule has 0 saturated heterocycles. The molecule has 2 nitrogen and oxygen atoms in total. The Labute approximate surface area is 210 Å². The first-order valence-electron chi connectivity index (χ1n) is 11.6. The van der Waals surface area contributed by atoms with E-state index in [1.807, 2.05) is 0 Å². The molecule has 0 saturated carbocycles. The predicted molar refractivity (Wildman–Crippen MR) is 137 cm³/mol. The predicted octanol–water partition coefficient (Wildman–Crippen LogP) is 8.18. The van der Waals surface area contributed by atoms with Crippen molar-refractivity contribution in [1.29, 1.82) is 0 Å². The molecule has 0 fully saturated rings. The normalized spacial score (nSPS) is 14.6. The SMILES string of the molecule is CC(C)[Si](C#CCC(c1cc(F)ccc1F)N1Cc2c(F)cc(Br)cc2C1=O)(C(C)C)C(C)C. The van der Waals surface area contributed by atoms with Gasteiger partial charge in [-0.05, 0) is 47.0 Å². The van der Waals surface area contributed by atoms with E-state index in [1.165, 1.54) is 11.0 Å². The first-order chi connectivity index (χ1) is 15.9. The number of halogens is 4. The van der Waals surface area contributed by atoms with Gasteiger partial charge in [0, 0.05) is 27.6 Å². The first kappa shape index (κ1) is 26.6. The van der Waals surface area contributed by atoms with Crippen LogP contribution in [-0.4, -0.2) is 18.9 Å². The molecule has 0 bridgehead atoms. The Morgan fingerprint density at radius 3 is 2.18 bits per heavy atom. The number of hydrogen-bond acceptors (Lipinski definition) is 1. The molecule has 1 aliphatic rings. The standard InChI is InChI=1S/C27H31BrF3NOSi/c1-16(2)34(17(3)4,18(5)6)11-7-8-26(22-14-20(29)9-10-24(22)30)32-15-23-21(27(32)33)12-19(28)13-25(23)31/h9-10,12-14,16-18,26H,8,15H2,1-6H3. The summed E-state index contributed by atoms with van der Waals surface area (Å²) in [7, 11) is -2.05. The van der Waals surface area contributed by atoms with Crippen molar-refractivity contribution in [3.8, 4) is 11.5 Å². The zero-order valence-electron chi connectivity index (χ0n) is 20.5. The fourth-order valence-corrected chi connectivity index (χ4v) is 11.2. The van der Waals surface area contributed by atoms with Gasteiger partial charge in [0.1, 0.15) is 25.5 Å². The molecule has 0 radical (unpaired) electrons. The topological polar surface area (TPSA) is 20.3 Å². The fourth-order valence-electron chi connectivity index (χ4n) is 5.50. The third kappa shape index (κ3) is 4.85. The van der Waals surface area contributed by atoms with Crippen LogP contribution in [0.5, 0.6) is 0 Å². The summed E-state index contributed by atoms with van der Waals surface area (Å²) in [5.41, 5.74) is 5.38. The lowest BCUT2D eigenvalue weighted by molar-refractivity contribution is 0.0700. The summed E-state index contributed by atoms with van der Waals surface area (Å²) in [6.45, 7) is 13.2. The van der Waals surface area contributed by atoms with Crippen LogP contribution in [0.25, 0.3) is 0 Å². The number of nitrogens with zero attached hydrogens (tertiary/aromatic N) is 1. The molecule has 0 spiro atoms. The van der Waals surface area contributed by atoms with Crippen LogP contribution in [0.2, 0.25) is 16.6 Å². The van der Waals surface area contributed by atoms with Crippen LogP contribution >= 0.6 is 15.9 Å². The molecule has 34 heavy (non-hydrogen) atoms. The maximum atomic E-state index is 14.9. The van der Waals surface area contributed by atoms with Crippen LogP contribution in [0.1, 0.15) is 75.5 Å². The van der Waals surface area contributed by atoms with E-state index in [0.29, 0.717) is 21.1 Å². The molecule has 7 heteroatoms. The van der Waals surface area contributed by atoms with E-state index in [1.54, 1.807) is 6.07 Å². The highest BCUT2D eigenvalue weighted by atomic mass is 79.9. The minimum atomic E-state index is -2.05. The van der Waals surface area contributed by atoms with Crippen LogP contribution < -0.4 is 0 Å². The number of carbonyl (C=O) groups excluding carboxylic acids is 1. The maximum absolute atomic E-state index is 14.9. The monoisotopic (exact) mass is 549 g/mol. The highest BCUT2D eigenvalue weighted by Gasteiger charge is 2.42. The van der Waals surface area contributed by atoms with Gasteiger partial charge in [-0.2, -0.15) is 0 Å². The van der Waals surface area contributed by atoms with E-state index in [2.05, 4.69) is 68.9 Å². The third-order valence-electron chi connectivity index (χ3n) is 7.14. The quantitative estimate of drug-likeness (QED) is 0.262. The highest BCUT2D eigenvalue weighted by molar-refractivity contribution is 9.10. The van der Waals surface area contributed by atoms with E-state index in [4.69, 9.17) is 0 Å². The zero-order chi connectivity index (χ0) is 25.4. The van der Waals surface area contributed by atoms with Crippen molar-refractivity contribution < 1.29 is 18.0 Å². The Bertz CT molecular complexity index is 1130. The lowest BCUT2D eigenvalue weighted by atomic mass is 10.0. The lowest BCUT2D eigenvalue weighted by Crippen LogP contribution is -2.43. The second-order valence-electron chi connectivity index (χ2n) is 9.93. The fraction of sp³-hybridized carbons (Fsp3) is 0.444. The molecule has 2 aromatic rings. The molecular formula is C27H31BrF3NOSi. The van der Waals surface area contributed by atoms with Gasteiger partial charge >= 0.3 is 0 Å². The highest BCUT2D eigenvalue weighted by Crippen LogP contribution is 2.41. The minimum Gasteiger partial charge on any atom is -0.326 e. The van der Waals surface area contributed by atoms with Crippen molar-refractivity contribution in [2.45, 2.75) is 77.2 Å². The van der Waals surface area contributed by atoms with Crippen LogP contribution in [0.15, 0.2) is 34.8 Å². The summed E-state index contributed by atoms with van der Waals surface area (Å²) in [4.78, 5) is 14.7. The van der Waals surface area contributed by atoms with Crippen LogP contribution in [0, 0.1) is 28.9 Å². The molecule has 2 aromatic carbocycles. The maximum Gasteiger partial charge on any atom is 0.255 e. The Kier molecular flexibility index (Phi) is 8.04. The molecule has 1 unspecified atom stereocenters. The van der Waals surface area contributed by atoms with Gasteiger partial charge in [-0.15, -0.1) is 11.5 Å². The van der Waals surface area contributed by atoms with E-state index in [-0.39, 0.29) is 29.7 Å². The molecule has 0 N–H and O–H groups in total. The van der Waals surface area contributed by atoms with E-state index in [0.717, 1.165) is 18.2 Å². The summed E-state index contributed by atoms with van der Waals surface area (Å²) < 4.78 is 44.1. The van der Waals surface area contributed by atoms with Crippen molar-refractivity contribution in [2.24, 2.45) is 0 Å². The van der Waals surface area contributed by atoms with Gasteiger partial charge in [-0.3, -0.25) is 4.79 Å². The number of rotatable bonds is 6. The first-order valence-corrected chi connectivity index (χ1v) is 14.7. The molecule has 0 aliphatic carbocycles. The van der Waals surface area contributed by atoms with E-state index >= 15 is 0 Å². The summed E-state index contributed by atoms with van der Waals surface area (Å²) in [5, 5.41) is 0. The van der Waals surface area contributed by atoms with Gasteiger partial charge in [-0.1, -0.05) is 57.5 Å². The van der Waals surface area contributed by atoms with Crippen molar-refractivity contribution in [3.63, 3.8) is 0 Å². The number of amides is 1. The Hall–Kier alpha value is -2.04. The van der Waals surface area contributed by atoms with Crippen molar-refractivity contribution in [3.05, 3.63) is 68.9 Å². The molecule has 1 heterocycles. The lowest BCUT2D eigenvalue weighted by Gasteiger charge is -2.38. The Morgan fingerprint density at radius 1 is 0.971 bits per heavy atom. The van der Waals surface area contributed by atoms with Gasteiger partial charge < -0.3 is 4.90 Å². The molecule has 1 amide bonds. The number of carbonyl (C=O) groups is 1. The summed E-state index contributed by atoms with van der Waals surface area (Å²) in [6.07, 6.45) is 0.143. The number of hydrogen-bond donors (Lipinski definition) is 0. The minimum absolute atomic E-state index is 0.0172. The molecule has 0 aromatic heterocycles. The molecule has 182 valence electrons. The summed E-state index contributed by atoms with van der Waals surface area (Å²) >= 11 is 3.23. The second-order valence-corrected chi connectivity index (χ2v) is 16.4. The second kappa shape index (κ2) is 10.3. The van der Waals surface area contributed by atoms with Gasteiger partial charge in [0.25, 0.3) is 5.91 Å². The zero-order valence-corrected chi connectivity index (χ0v) is 23.1. The smallest absolute Gasteiger partial charge is 0.255 e. The van der Waals surface area contributed by atoms with E-state index in [9.17, 15) is 18.0 Å². The Balaban J connectivity index is 2.08. The van der Waals surface area contributed by atoms with E-state index < -0.39 is 37.5 Å². The summed E-state index contributed by atoms with van der Waals surface area (Å²) in [5.74, 6) is 1.17. The number of fused-ring (bicyclic) bond motifs is 1. The van der Waals surface area contributed by atoms with Crippen molar-refractivity contribution >= 4 is 29.9 Å². The Morgan fingerprint density at radius 2 is 1.59 bits per heavy atom. The molecular weight excluding hydrogens is 519 g/mol. The van der Waals surface area contributed by atoms with Crippen LogP contribution in [0.4, 0.5) is 13.2 Å². The molecule has 1 aliphatic heterocycles.